The number of amides is 1. The highest BCUT2D eigenvalue weighted by atomic mass is 16.5. The van der Waals surface area contributed by atoms with Gasteiger partial charge in [-0.2, -0.15) is 4.98 Å². The van der Waals surface area contributed by atoms with E-state index >= 15 is 0 Å². The topological polar surface area (TPSA) is 117 Å². The van der Waals surface area contributed by atoms with Crippen LogP contribution in [0.1, 0.15) is 28.8 Å². The number of hydrogen-bond donors (Lipinski definition) is 2. The maximum atomic E-state index is 12.9. The Morgan fingerprint density at radius 3 is 2.91 bits per heavy atom. The summed E-state index contributed by atoms with van der Waals surface area (Å²) in [5.41, 5.74) is 9.08. The lowest BCUT2D eigenvalue weighted by atomic mass is 10.1. The van der Waals surface area contributed by atoms with Crippen molar-refractivity contribution in [1.29, 1.82) is 0 Å². The maximum Gasteiger partial charge on any atom is 0.253 e. The van der Waals surface area contributed by atoms with Gasteiger partial charge in [0.1, 0.15) is 5.75 Å². The Morgan fingerprint density at radius 1 is 1.24 bits per heavy atom. The van der Waals surface area contributed by atoms with Crippen LogP contribution in [-0.4, -0.2) is 39.2 Å². The van der Waals surface area contributed by atoms with Crippen LogP contribution in [0.2, 0.25) is 0 Å². The fourth-order valence-corrected chi connectivity index (χ4v) is 3.57. The molecule has 3 N–H and O–H groups in total. The lowest BCUT2D eigenvalue weighted by Crippen LogP contribution is -2.23. The van der Waals surface area contributed by atoms with Gasteiger partial charge in [0.25, 0.3) is 5.91 Å². The second kappa shape index (κ2) is 8.78. The standard InChI is InChI=1S/C24H24N6O3/c1-32-23-19(16-8-9-30-21(11-16)28-24(25)29-30)10-18(13-27-23)22(31)26-12-17-4-2-3-5-20(17)33-14-15-6-7-15/h2-5,8-11,13,15H,6-7,12,14H2,1H3,(H2,25,29)(H,26,31). The largest absolute Gasteiger partial charge is 0.493 e. The molecule has 9 nitrogen and oxygen atoms in total. The van der Waals surface area contributed by atoms with E-state index in [1.165, 1.54) is 26.1 Å². The number of aromatic nitrogens is 4. The zero-order chi connectivity index (χ0) is 22.8. The normalized spacial score (nSPS) is 13.1. The van der Waals surface area contributed by atoms with Crippen LogP contribution in [0.25, 0.3) is 16.8 Å². The van der Waals surface area contributed by atoms with Gasteiger partial charge in [0, 0.05) is 30.1 Å². The summed E-state index contributed by atoms with van der Waals surface area (Å²) >= 11 is 0. The van der Waals surface area contributed by atoms with Crippen molar-refractivity contribution in [2.45, 2.75) is 19.4 Å². The first-order valence-corrected chi connectivity index (χ1v) is 10.8. The molecule has 0 bridgehead atoms. The molecular weight excluding hydrogens is 420 g/mol. The highest BCUT2D eigenvalue weighted by Gasteiger charge is 2.22. The third-order valence-corrected chi connectivity index (χ3v) is 5.56. The van der Waals surface area contributed by atoms with E-state index in [0.717, 1.165) is 23.5 Å². The number of rotatable bonds is 8. The van der Waals surface area contributed by atoms with Crippen molar-refractivity contribution < 1.29 is 14.3 Å². The average molecular weight is 444 g/mol. The summed E-state index contributed by atoms with van der Waals surface area (Å²) in [6, 6.07) is 13.2. The van der Waals surface area contributed by atoms with Gasteiger partial charge in [-0.3, -0.25) is 4.79 Å². The monoisotopic (exact) mass is 444 g/mol. The van der Waals surface area contributed by atoms with E-state index in [9.17, 15) is 4.79 Å². The highest BCUT2D eigenvalue weighted by Crippen LogP contribution is 2.31. The summed E-state index contributed by atoms with van der Waals surface area (Å²) in [5, 5.41) is 7.05. The van der Waals surface area contributed by atoms with Crippen LogP contribution < -0.4 is 20.5 Å². The van der Waals surface area contributed by atoms with E-state index in [4.69, 9.17) is 15.2 Å². The number of nitrogens with zero attached hydrogens (tertiary/aromatic N) is 4. The van der Waals surface area contributed by atoms with Crippen molar-refractivity contribution in [2.75, 3.05) is 19.5 Å². The molecule has 1 aromatic carbocycles. The van der Waals surface area contributed by atoms with Crippen LogP contribution in [0.4, 0.5) is 5.95 Å². The second-order valence-corrected chi connectivity index (χ2v) is 8.01. The third-order valence-electron chi connectivity index (χ3n) is 5.56. The fraction of sp³-hybridized carbons (Fsp3) is 0.250. The van der Waals surface area contributed by atoms with Crippen molar-refractivity contribution in [1.82, 2.24) is 24.9 Å². The van der Waals surface area contributed by atoms with Crippen LogP contribution >= 0.6 is 0 Å². The average Bonchev–Trinajstić information content (AvgIpc) is 3.59. The number of nitrogens with two attached hydrogens (primary N) is 1. The van der Waals surface area contributed by atoms with E-state index in [2.05, 4.69) is 20.4 Å². The minimum atomic E-state index is -0.240. The molecule has 0 aliphatic heterocycles. The lowest BCUT2D eigenvalue weighted by molar-refractivity contribution is 0.0950. The minimum absolute atomic E-state index is 0.187. The number of benzene rings is 1. The lowest BCUT2D eigenvalue weighted by Gasteiger charge is -2.13. The van der Waals surface area contributed by atoms with Gasteiger partial charge in [-0.05, 0) is 48.6 Å². The van der Waals surface area contributed by atoms with Gasteiger partial charge in [-0.25, -0.2) is 9.50 Å². The van der Waals surface area contributed by atoms with Crippen molar-refractivity contribution in [2.24, 2.45) is 5.92 Å². The summed E-state index contributed by atoms with van der Waals surface area (Å²) in [6.07, 6.45) is 5.70. The van der Waals surface area contributed by atoms with Gasteiger partial charge in [0.15, 0.2) is 5.65 Å². The minimum Gasteiger partial charge on any atom is -0.493 e. The van der Waals surface area contributed by atoms with E-state index < -0.39 is 0 Å². The van der Waals surface area contributed by atoms with Crippen molar-refractivity contribution >= 4 is 17.5 Å². The number of para-hydroxylation sites is 1. The summed E-state index contributed by atoms with van der Waals surface area (Å²) in [5.74, 6) is 1.81. The second-order valence-electron chi connectivity index (χ2n) is 8.01. The Bertz CT molecular complexity index is 1310. The summed E-state index contributed by atoms with van der Waals surface area (Å²) in [7, 11) is 1.54. The first kappa shape index (κ1) is 20.7. The van der Waals surface area contributed by atoms with E-state index in [0.29, 0.717) is 35.1 Å². The quantitative estimate of drug-likeness (QED) is 0.429. The summed E-state index contributed by atoms with van der Waals surface area (Å²) in [6.45, 7) is 1.07. The molecule has 1 saturated carbocycles. The fourth-order valence-electron chi connectivity index (χ4n) is 3.57. The number of ether oxygens (including phenoxy) is 2. The van der Waals surface area contributed by atoms with Gasteiger partial charge in [0.2, 0.25) is 11.8 Å². The third kappa shape index (κ3) is 4.57. The van der Waals surface area contributed by atoms with Crippen molar-refractivity contribution in [3.63, 3.8) is 0 Å². The first-order valence-electron chi connectivity index (χ1n) is 10.8. The molecule has 5 rings (SSSR count). The molecule has 1 aliphatic carbocycles. The van der Waals surface area contributed by atoms with Gasteiger partial charge < -0.3 is 20.5 Å². The summed E-state index contributed by atoms with van der Waals surface area (Å²) < 4.78 is 12.9. The van der Waals surface area contributed by atoms with Crippen LogP contribution in [0.15, 0.2) is 54.9 Å². The molecule has 3 aromatic heterocycles. The van der Waals surface area contributed by atoms with Crippen molar-refractivity contribution in [3.8, 4) is 22.8 Å². The molecule has 0 radical (unpaired) electrons. The molecule has 0 unspecified atom stereocenters. The number of hydrogen-bond acceptors (Lipinski definition) is 7. The number of methoxy groups -OCH3 is 1. The molecule has 1 aliphatic rings. The number of carbonyl (C=O) groups is 1. The predicted molar refractivity (Wildman–Crippen MR) is 123 cm³/mol. The molecule has 0 atom stereocenters. The van der Waals surface area contributed by atoms with Crippen LogP contribution in [-0.2, 0) is 6.54 Å². The Kier molecular flexibility index (Phi) is 5.52. The molecular formula is C24H24N6O3. The summed E-state index contributed by atoms with van der Waals surface area (Å²) in [4.78, 5) is 21.5. The molecule has 0 saturated heterocycles. The molecule has 9 heteroatoms. The Hall–Kier alpha value is -4.14. The Balaban J connectivity index is 1.35. The number of nitrogens with one attached hydrogen (secondary N) is 1. The number of pyridine rings is 2. The van der Waals surface area contributed by atoms with E-state index in [1.807, 2.05) is 36.4 Å². The molecule has 4 aromatic rings. The Morgan fingerprint density at radius 2 is 2.09 bits per heavy atom. The van der Waals surface area contributed by atoms with Crippen molar-refractivity contribution in [3.05, 3.63) is 66.0 Å². The first-order chi connectivity index (χ1) is 16.1. The van der Waals surface area contributed by atoms with Crippen LogP contribution in [0, 0.1) is 5.92 Å². The van der Waals surface area contributed by atoms with Gasteiger partial charge >= 0.3 is 0 Å². The SMILES string of the molecule is COc1ncc(C(=O)NCc2ccccc2OCC2CC2)cc1-c1ccn2nc(N)nc2c1. The number of nitrogen functional groups attached to an aromatic ring is 1. The van der Waals surface area contributed by atoms with E-state index in [-0.39, 0.29) is 11.9 Å². The maximum absolute atomic E-state index is 12.9. The molecule has 168 valence electrons. The number of carbonyl (C=O) groups excluding carboxylic acids is 1. The predicted octanol–water partition coefficient (Wildman–Crippen LogP) is 3.10. The molecule has 33 heavy (non-hydrogen) atoms. The zero-order valence-corrected chi connectivity index (χ0v) is 18.2. The number of anilines is 1. The van der Waals surface area contributed by atoms with Gasteiger partial charge in [0.05, 0.1) is 19.3 Å². The van der Waals surface area contributed by atoms with Gasteiger partial charge in [-0.1, -0.05) is 18.2 Å². The zero-order valence-electron chi connectivity index (χ0n) is 18.2. The Labute approximate surface area is 190 Å². The van der Waals surface area contributed by atoms with Gasteiger partial charge in [-0.15, -0.1) is 5.10 Å². The highest BCUT2D eigenvalue weighted by molar-refractivity contribution is 5.95. The molecule has 0 spiro atoms. The van der Waals surface area contributed by atoms with E-state index in [1.54, 1.807) is 16.8 Å². The van der Waals surface area contributed by atoms with Crippen LogP contribution in [0.5, 0.6) is 11.6 Å². The molecule has 3 heterocycles. The molecule has 1 fully saturated rings. The smallest absolute Gasteiger partial charge is 0.253 e. The molecule has 1 amide bonds. The number of fused-ring (bicyclic) bond motifs is 1. The van der Waals surface area contributed by atoms with Crippen LogP contribution in [0.3, 0.4) is 0 Å².